The van der Waals surface area contributed by atoms with Gasteiger partial charge in [0.25, 0.3) is 0 Å². The van der Waals surface area contributed by atoms with Crippen LogP contribution in [0, 0.1) is 17.8 Å². The molecule has 0 radical (unpaired) electrons. The minimum absolute atomic E-state index is 0.805. The highest BCUT2D eigenvalue weighted by atomic mass is 14.2. The third-order valence-corrected chi connectivity index (χ3v) is 3.84. The quantitative estimate of drug-likeness (QED) is 0.460. The fourth-order valence-electron chi connectivity index (χ4n) is 1.80. The van der Waals surface area contributed by atoms with Crippen molar-refractivity contribution in [1.29, 1.82) is 0 Å². The number of rotatable bonds is 5. The Hall–Kier alpha value is -0.260. The molecule has 0 heterocycles. The Bertz CT molecular complexity index is 186. The normalized spacial score (nSPS) is 14.7. The molecule has 112 valence electrons. The molecular formula is C18H40. The molecule has 0 nitrogen and oxygen atoms in total. The van der Waals surface area contributed by atoms with Crippen molar-refractivity contribution >= 4 is 0 Å². The summed E-state index contributed by atoms with van der Waals surface area (Å²) in [5, 5.41) is 0. The summed E-state index contributed by atoms with van der Waals surface area (Å²) in [7, 11) is 0. The summed E-state index contributed by atoms with van der Waals surface area (Å²) in [5.74, 6) is 2.45. The van der Waals surface area contributed by atoms with Crippen LogP contribution in [-0.2, 0) is 0 Å². The molecule has 0 spiro atoms. The van der Waals surface area contributed by atoms with Crippen molar-refractivity contribution in [2.75, 3.05) is 0 Å². The van der Waals surface area contributed by atoms with Gasteiger partial charge in [-0.1, -0.05) is 73.5 Å². The van der Waals surface area contributed by atoms with Crippen LogP contribution in [-0.4, -0.2) is 0 Å². The summed E-state index contributed by atoms with van der Waals surface area (Å²) in [6.45, 7) is 24.2. The highest BCUT2D eigenvalue weighted by molar-refractivity contribution is 5.09. The van der Waals surface area contributed by atoms with Gasteiger partial charge in [0, 0.05) is 0 Å². The van der Waals surface area contributed by atoms with E-state index in [4.69, 9.17) is 0 Å². The fourth-order valence-corrected chi connectivity index (χ4v) is 1.80. The largest absolute Gasteiger partial charge is 0.0747 e. The average Bonchev–Trinajstić information content (AvgIpc) is 2.40. The van der Waals surface area contributed by atoms with Crippen molar-refractivity contribution < 1.29 is 0 Å². The van der Waals surface area contributed by atoms with Crippen molar-refractivity contribution in [3.8, 4) is 0 Å². The van der Waals surface area contributed by atoms with Gasteiger partial charge in [0.15, 0.2) is 0 Å². The summed E-state index contributed by atoms with van der Waals surface area (Å²) in [5.41, 5.74) is 3.18. The molecule has 0 saturated carbocycles. The van der Waals surface area contributed by atoms with E-state index in [-0.39, 0.29) is 0 Å². The van der Waals surface area contributed by atoms with E-state index in [0.717, 1.165) is 17.8 Å². The predicted molar refractivity (Wildman–Crippen MR) is 89.1 cm³/mol. The molecule has 0 amide bonds. The molecule has 2 atom stereocenters. The summed E-state index contributed by atoms with van der Waals surface area (Å²) in [4.78, 5) is 0. The minimum Gasteiger partial charge on any atom is -0.0747 e. The monoisotopic (exact) mass is 256 g/mol. The first-order valence-corrected chi connectivity index (χ1v) is 8.05. The standard InChI is InChI=1S/C14H28.2C2H6/c1-8-11(4)12(5)9-13(6)14(7)10(2)3;2*1-2/h10,13-14H,8-9H2,1-7H3;2*1-2H3/b12-11-;;/t13-,14-;;/m0../s1. The molecule has 0 aliphatic rings. The highest BCUT2D eigenvalue weighted by Crippen LogP contribution is 2.27. The maximum Gasteiger partial charge on any atom is -0.0292 e. The maximum absolute atomic E-state index is 2.39. The van der Waals surface area contributed by atoms with Gasteiger partial charge >= 0.3 is 0 Å². The van der Waals surface area contributed by atoms with Crippen molar-refractivity contribution in [3.63, 3.8) is 0 Å². The minimum atomic E-state index is 0.805. The molecule has 0 aliphatic carbocycles. The van der Waals surface area contributed by atoms with Gasteiger partial charge in [-0.15, -0.1) is 0 Å². The number of hydrogen-bond donors (Lipinski definition) is 0. The Labute approximate surface area is 118 Å². The van der Waals surface area contributed by atoms with E-state index in [9.17, 15) is 0 Å². The molecule has 0 fully saturated rings. The van der Waals surface area contributed by atoms with E-state index >= 15 is 0 Å². The molecule has 0 heteroatoms. The van der Waals surface area contributed by atoms with Crippen LogP contribution in [0.5, 0.6) is 0 Å². The average molecular weight is 257 g/mol. The summed E-state index contributed by atoms with van der Waals surface area (Å²) < 4.78 is 0. The Kier molecular flexibility index (Phi) is 18.8. The second kappa shape index (κ2) is 14.8. The first kappa shape index (κ1) is 22.9. The summed E-state index contributed by atoms with van der Waals surface area (Å²) in [6.07, 6.45) is 2.48. The van der Waals surface area contributed by atoms with Crippen LogP contribution in [0.2, 0.25) is 0 Å². The van der Waals surface area contributed by atoms with E-state index < -0.39 is 0 Å². The third-order valence-electron chi connectivity index (χ3n) is 3.84. The van der Waals surface area contributed by atoms with Crippen molar-refractivity contribution in [2.45, 2.75) is 89.0 Å². The molecule has 0 saturated heterocycles. The Morgan fingerprint density at radius 1 is 0.778 bits per heavy atom. The van der Waals surface area contributed by atoms with Gasteiger partial charge in [0.2, 0.25) is 0 Å². The molecule has 0 aliphatic heterocycles. The first-order chi connectivity index (χ1) is 8.40. The van der Waals surface area contributed by atoms with E-state index in [0.29, 0.717) is 0 Å². The Balaban J connectivity index is -0.000000506. The molecule has 0 N–H and O–H groups in total. The van der Waals surface area contributed by atoms with Crippen LogP contribution in [0.4, 0.5) is 0 Å². The van der Waals surface area contributed by atoms with E-state index in [1.165, 1.54) is 12.8 Å². The molecule has 0 aromatic carbocycles. The lowest BCUT2D eigenvalue weighted by Crippen LogP contribution is -2.14. The lowest BCUT2D eigenvalue weighted by atomic mass is 9.82. The van der Waals surface area contributed by atoms with Crippen LogP contribution in [0.3, 0.4) is 0 Å². The molecule has 0 aromatic heterocycles. The SMILES string of the molecule is CC.CC.CC/C(C)=C(/C)C[C@H](C)[C@@H](C)C(C)C. The zero-order valence-electron chi connectivity index (χ0n) is 15.1. The van der Waals surface area contributed by atoms with Crippen molar-refractivity contribution in [3.05, 3.63) is 11.1 Å². The van der Waals surface area contributed by atoms with Crippen LogP contribution in [0.15, 0.2) is 11.1 Å². The van der Waals surface area contributed by atoms with Gasteiger partial charge in [-0.2, -0.15) is 0 Å². The maximum atomic E-state index is 2.39. The molecule has 0 unspecified atom stereocenters. The van der Waals surface area contributed by atoms with E-state index in [1.807, 2.05) is 27.7 Å². The van der Waals surface area contributed by atoms with Crippen molar-refractivity contribution in [2.24, 2.45) is 17.8 Å². The van der Waals surface area contributed by atoms with Gasteiger partial charge in [0.05, 0.1) is 0 Å². The van der Waals surface area contributed by atoms with E-state index in [1.54, 1.807) is 11.1 Å². The zero-order chi connectivity index (χ0) is 15.3. The van der Waals surface area contributed by atoms with Crippen LogP contribution in [0.1, 0.15) is 89.0 Å². The topological polar surface area (TPSA) is 0 Å². The van der Waals surface area contributed by atoms with Crippen LogP contribution < -0.4 is 0 Å². The van der Waals surface area contributed by atoms with Gasteiger partial charge in [0.1, 0.15) is 0 Å². The zero-order valence-corrected chi connectivity index (χ0v) is 15.1. The van der Waals surface area contributed by atoms with Gasteiger partial charge in [-0.05, 0) is 44.4 Å². The first-order valence-electron chi connectivity index (χ1n) is 8.05. The lowest BCUT2D eigenvalue weighted by Gasteiger charge is -2.24. The highest BCUT2D eigenvalue weighted by Gasteiger charge is 2.16. The van der Waals surface area contributed by atoms with Gasteiger partial charge in [-0.25, -0.2) is 0 Å². The second-order valence-electron chi connectivity index (χ2n) is 5.20. The fraction of sp³-hybridized carbons (Fsp3) is 0.889. The molecule has 0 bridgehead atoms. The second-order valence-corrected chi connectivity index (χ2v) is 5.20. The van der Waals surface area contributed by atoms with Gasteiger partial charge in [-0.3, -0.25) is 0 Å². The number of allylic oxidation sites excluding steroid dienone is 2. The van der Waals surface area contributed by atoms with Crippen LogP contribution in [0.25, 0.3) is 0 Å². The molecule has 18 heavy (non-hydrogen) atoms. The van der Waals surface area contributed by atoms with Crippen LogP contribution >= 0.6 is 0 Å². The Morgan fingerprint density at radius 3 is 1.44 bits per heavy atom. The Morgan fingerprint density at radius 2 is 1.17 bits per heavy atom. The molecular weight excluding hydrogens is 216 g/mol. The van der Waals surface area contributed by atoms with Gasteiger partial charge < -0.3 is 0 Å². The summed E-state index contributed by atoms with van der Waals surface area (Å²) in [6, 6.07) is 0. The predicted octanol–water partition coefficient (Wildman–Crippen LogP) is 7.10. The van der Waals surface area contributed by atoms with Crippen molar-refractivity contribution in [1.82, 2.24) is 0 Å². The molecule has 0 rings (SSSR count). The molecule has 0 aromatic rings. The lowest BCUT2D eigenvalue weighted by molar-refractivity contribution is 0.294. The van der Waals surface area contributed by atoms with E-state index in [2.05, 4.69) is 48.5 Å². The number of hydrogen-bond acceptors (Lipinski definition) is 0. The third kappa shape index (κ3) is 10.9. The summed E-state index contributed by atoms with van der Waals surface area (Å²) >= 11 is 0. The smallest absolute Gasteiger partial charge is 0.0292 e.